The average Bonchev–Trinajstić information content (AvgIpc) is 2.47. The third-order valence-electron chi connectivity index (χ3n) is 3.10. The van der Waals surface area contributed by atoms with E-state index in [-0.39, 0.29) is 11.6 Å². The van der Waals surface area contributed by atoms with Crippen LogP contribution in [0.3, 0.4) is 0 Å². The lowest BCUT2D eigenvalue weighted by molar-refractivity contribution is 0.543. The van der Waals surface area contributed by atoms with E-state index in [1.807, 2.05) is 43.3 Å². The zero-order chi connectivity index (χ0) is 13.7. The molecule has 1 N–H and O–H groups in total. The number of nitriles is 1. The second-order valence-electron chi connectivity index (χ2n) is 4.40. The maximum Gasteiger partial charge on any atom is 0.145 e. The maximum absolute atomic E-state index is 13.9. The highest BCUT2D eigenvalue weighted by atomic mass is 19.1. The molecular weight excluding hydrogens is 239 g/mol. The molecule has 2 aromatic carbocycles. The average molecular weight is 254 g/mol. The molecule has 96 valence electrons. The predicted octanol–water partition coefficient (Wildman–Crippen LogP) is 3.55. The highest BCUT2D eigenvalue weighted by molar-refractivity contribution is 5.35. The molecule has 0 amide bonds. The van der Waals surface area contributed by atoms with Crippen LogP contribution in [0.4, 0.5) is 4.39 Å². The lowest BCUT2D eigenvalue weighted by atomic mass is 10.1. The number of nitrogens with one attached hydrogen (secondary N) is 1. The van der Waals surface area contributed by atoms with E-state index in [1.54, 1.807) is 12.1 Å². The first-order valence-corrected chi connectivity index (χ1v) is 6.18. The Hall–Kier alpha value is -2.18. The molecule has 19 heavy (non-hydrogen) atoms. The van der Waals surface area contributed by atoms with Crippen molar-refractivity contribution in [3.8, 4) is 6.07 Å². The quantitative estimate of drug-likeness (QED) is 0.905. The summed E-state index contributed by atoms with van der Waals surface area (Å²) in [5.41, 5.74) is 1.76. The van der Waals surface area contributed by atoms with E-state index < -0.39 is 5.82 Å². The molecule has 0 spiro atoms. The van der Waals surface area contributed by atoms with Gasteiger partial charge in [0, 0.05) is 18.2 Å². The Bertz CT molecular complexity index is 587. The standard InChI is InChI=1S/C16H15FN2/c1-12(13-6-3-2-4-7-13)19-11-15-9-5-8-14(10-18)16(15)17/h2-9,12,19H,11H2,1H3/t12-/m1/s1. The molecule has 0 radical (unpaired) electrons. The number of benzene rings is 2. The molecule has 0 unspecified atom stereocenters. The molecule has 0 aliphatic heterocycles. The van der Waals surface area contributed by atoms with Crippen LogP contribution in [0, 0.1) is 17.1 Å². The van der Waals surface area contributed by atoms with E-state index in [2.05, 4.69) is 5.32 Å². The zero-order valence-electron chi connectivity index (χ0n) is 10.7. The number of rotatable bonds is 4. The smallest absolute Gasteiger partial charge is 0.145 e. The summed E-state index contributed by atoms with van der Waals surface area (Å²) < 4.78 is 13.9. The highest BCUT2D eigenvalue weighted by Crippen LogP contribution is 2.15. The van der Waals surface area contributed by atoms with Crippen LogP contribution in [0.1, 0.15) is 29.7 Å². The Labute approximate surface area is 112 Å². The van der Waals surface area contributed by atoms with Crippen LogP contribution in [0.5, 0.6) is 0 Å². The third kappa shape index (κ3) is 3.18. The molecule has 0 bridgehead atoms. The Morgan fingerprint density at radius 1 is 1.16 bits per heavy atom. The summed E-state index contributed by atoms with van der Waals surface area (Å²) >= 11 is 0. The predicted molar refractivity (Wildman–Crippen MR) is 72.8 cm³/mol. The molecule has 0 heterocycles. The summed E-state index contributed by atoms with van der Waals surface area (Å²) in [4.78, 5) is 0. The first-order chi connectivity index (χ1) is 9.22. The van der Waals surface area contributed by atoms with Crippen LogP contribution in [-0.2, 0) is 6.54 Å². The lowest BCUT2D eigenvalue weighted by Gasteiger charge is -2.14. The zero-order valence-corrected chi connectivity index (χ0v) is 10.7. The first-order valence-electron chi connectivity index (χ1n) is 6.18. The Morgan fingerprint density at radius 3 is 2.58 bits per heavy atom. The van der Waals surface area contributed by atoms with Crippen LogP contribution in [-0.4, -0.2) is 0 Å². The van der Waals surface area contributed by atoms with Crippen molar-refractivity contribution in [2.45, 2.75) is 19.5 Å². The number of halogens is 1. The highest BCUT2D eigenvalue weighted by Gasteiger charge is 2.09. The van der Waals surface area contributed by atoms with Gasteiger partial charge in [-0.05, 0) is 18.6 Å². The Kier molecular flexibility index (Phi) is 4.27. The van der Waals surface area contributed by atoms with Crippen molar-refractivity contribution in [1.29, 1.82) is 5.26 Å². The van der Waals surface area contributed by atoms with Crippen LogP contribution in [0.15, 0.2) is 48.5 Å². The molecule has 0 aromatic heterocycles. The van der Waals surface area contributed by atoms with Gasteiger partial charge in [0.05, 0.1) is 5.56 Å². The summed E-state index contributed by atoms with van der Waals surface area (Å²) in [6, 6.07) is 16.8. The minimum absolute atomic E-state index is 0.0895. The summed E-state index contributed by atoms with van der Waals surface area (Å²) in [6.07, 6.45) is 0. The van der Waals surface area contributed by atoms with Gasteiger partial charge in [-0.1, -0.05) is 42.5 Å². The van der Waals surface area contributed by atoms with Crippen molar-refractivity contribution in [2.75, 3.05) is 0 Å². The molecule has 2 rings (SSSR count). The van der Waals surface area contributed by atoms with Gasteiger partial charge < -0.3 is 5.32 Å². The van der Waals surface area contributed by atoms with Crippen molar-refractivity contribution in [2.24, 2.45) is 0 Å². The van der Waals surface area contributed by atoms with E-state index in [0.29, 0.717) is 12.1 Å². The fourth-order valence-electron chi connectivity index (χ4n) is 1.93. The fraction of sp³-hybridized carbons (Fsp3) is 0.188. The Balaban J connectivity index is 2.06. The van der Waals surface area contributed by atoms with Gasteiger partial charge >= 0.3 is 0 Å². The van der Waals surface area contributed by atoms with Gasteiger partial charge in [-0.3, -0.25) is 0 Å². The maximum atomic E-state index is 13.9. The molecule has 0 saturated heterocycles. The second-order valence-corrected chi connectivity index (χ2v) is 4.40. The van der Waals surface area contributed by atoms with Gasteiger partial charge in [0.15, 0.2) is 0 Å². The minimum Gasteiger partial charge on any atom is -0.306 e. The molecule has 3 heteroatoms. The van der Waals surface area contributed by atoms with Gasteiger partial charge in [-0.2, -0.15) is 5.26 Å². The molecule has 1 atom stereocenters. The van der Waals surface area contributed by atoms with Crippen molar-refractivity contribution < 1.29 is 4.39 Å². The van der Waals surface area contributed by atoms with Crippen LogP contribution in [0.2, 0.25) is 0 Å². The van der Waals surface area contributed by atoms with E-state index in [4.69, 9.17) is 5.26 Å². The van der Waals surface area contributed by atoms with Gasteiger partial charge in [0.1, 0.15) is 11.9 Å². The van der Waals surface area contributed by atoms with Crippen LogP contribution in [0.25, 0.3) is 0 Å². The molecule has 2 aromatic rings. The van der Waals surface area contributed by atoms with Crippen LogP contribution < -0.4 is 5.32 Å². The minimum atomic E-state index is -0.433. The summed E-state index contributed by atoms with van der Waals surface area (Å²) in [5, 5.41) is 12.0. The summed E-state index contributed by atoms with van der Waals surface area (Å²) in [6.45, 7) is 2.43. The topological polar surface area (TPSA) is 35.8 Å². The van der Waals surface area contributed by atoms with Crippen molar-refractivity contribution in [3.63, 3.8) is 0 Å². The number of nitrogens with zero attached hydrogens (tertiary/aromatic N) is 1. The molecule has 0 aliphatic rings. The van der Waals surface area contributed by atoms with E-state index in [0.717, 1.165) is 5.56 Å². The number of hydrogen-bond donors (Lipinski definition) is 1. The van der Waals surface area contributed by atoms with Crippen molar-refractivity contribution in [3.05, 3.63) is 71.0 Å². The van der Waals surface area contributed by atoms with Crippen LogP contribution >= 0.6 is 0 Å². The lowest BCUT2D eigenvalue weighted by Crippen LogP contribution is -2.18. The Morgan fingerprint density at radius 2 is 1.89 bits per heavy atom. The van der Waals surface area contributed by atoms with Gasteiger partial charge in [-0.15, -0.1) is 0 Å². The molecule has 0 fully saturated rings. The number of hydrogen-bond acceptors (Lipinski definition) is 2. The molecule has 0 saturated carbocycles. The van der Waals surface area contributed by atoms with Crippen molar-refractivity contribution in [1.82, 2.24) is 5.32 Å². The van der Waals surface area contributed by atoms with E-state index in [1.165, 1.54) is 6.07 Å². The largest absolute Gasteiger partial charge is 0.306 e. The molecular formula is C16H15FN2. The monoisotopic (exact) mass is 254 g/mol. The summed E-state index contributed by atoms with van der Waals surface area (Å²) in [5.74, 6) is -0.433. The van der Waals surface area contributed by atoms with Gasteiger partial charge in [-0.25, -0.2) is 4.39 Å². The van der Waals surface area contributed by atoms with Gasteiger partial charge in [0.25, 0.3) is 0 Å². The van der Waals surface area contributed by atoms with E-state index >= 15 is 0 Å². The molecule has 0 aliphatic carbocycles. The van der Waals surface area contributed by atoms with Crippen molar-refractivity contribution >= 4 is 0 Å². The SMILES string of the molecule is C[C@@H](NCc1cccc(C#N)c1F)c1ccccc1. The molecule has 2 nitrogen and oxygen atoms in total. The second kappa shape index (κ2) is 6.12. The van der Waals surface area contributed by atoms with Gasteiger partial charge in [0.2, 0.25) is 0 Å². The third-order valence-corrected chi connectivity index (χ3v) is 3.10. The summed E-state index contributed by atoms with van der Waals surface area (Å²) in [7, 11) is 0. The fourth-order valence-corrected chi connectivity index (χ4v) is 1.93. The van der Waals surface area contributed by atoms with E-state index in [9.17, 15) is 4.39 Å². The first kappa shape index (κ1) is 13.3. The normalized spacial score (nSPS) is 11.8.